The number of benzene rings is 3. The van der Waals surface area contributed by atoms with Crippen molar-refractivity contribution in [3.05, 3.63) is 93.6 Å². The lowest BCUT2D eigenvalue weighted by atomic mass is 10.1. The zero-order chi connectivity index (χ0) is 28.7. The van der Waals surface area contributed by atoms with Crippen LogP contribution in [0.5, 0.6) is 0 Å². The van der Waals surface area contributed by atoms with Gasteiger partial charge in [-0.2, -0.15) is 0 Å². The molecule has 1 fully saturated rings. The fourth-order valence-corrected chi connectivity index (χ4v) is 6.91. The Morgan fingerprint density at radius 1 is 0.950 bits per heavy atom. The fraction of sp³-hybridized carbons (Fsp3) is 0.355. The molecule has 4 rings (SSSR count). The predicted octanol–water partition coefficient (Wildman–Crippen LogP) is 5.66. The van der Waals surface area contributed by atoms with Crippen LogP contribution >= 0.6 is 22.6 Å². The summed E-state index contributed by atoms with van der Waals surface area (Å²) in [6, 6.07) is 22.2. The van der Waals surface area contributed by atoms with Gasteiger partial charge < -0.3 is 10.2 Å². The smallest absolute Gasteiger partial charge is 0.264 e. The van der Waals surface area contributed by atoms with Crippen LogP contribution in [0.15, 0.2) is 83.8 Å². The van der Waals surface area contributed by atoms with E-state index in [1.807, 2.05) is 50.2 Å². The first-order chi connectivity index (χ1) is 19.2. The van der Waals surface area contributed by atoms with E-state index in [4.69, 9.17) is 0 Å². The summed E-state index contributed by atoms with van der Waals surface area (Å²) >= 11 is 2.16. The molecule has 1 aliphatic carbocycles. The minimum absolute atomic E-state index is 0.0952. The number of sulfonamides is 1. The summed E-state index contributed by atoms with van der Waals surface area (Å²) in [7, 11) is -4.07. The fourth-order valence-electron chi connectivity index (χ4n) is 5.11. The van der Waals surface area contributed by atoms with Gasteiger partial charge in [0, 0.05) is 16.2 Å². The van der Waals surface area contributed by atoms with E-state index < -0.39 is 28.5 Å². The number of anilines is 1. The van der Waals surface area contributed by atoms with Gasteiger partial charge in [-0.1, -0.05) is 62.2 Å². The third kappa shape index (κ3) is 7.23. The molecule has 212 valence electrons. The first-order valence-electron chi connectivity index (χ1n) is 13.7. The number of amides is 2. The van der Waals surface area contributed by atoms with E-state index in [0.29, 0.717) is 12.1 Å². The van der Waals surface area contributed by atoms with E-state index in [9.17, 15) is 18.0 Å². The summed E-state index contributed by atoms with van der Waals surface area (Å²) in [5.74, 6) is -0.627. The number of carbonyl (C=O) groups excluding carboxylic acids is 2. The summed E-state index contributed by atoms with van der Waals surface area (Å²) < 4.78 is 29.8. The number of nitrogens with one attached hydrogen (secondary N) is 1. The highest BCUT2D eigenvalue weighted by Crippen LogP contribution is 2.26. The molecule has 0 heterocycles. The number of hydrogen-bond donors (Lipinski definition) is 1. The summed E-state index contributed by atoms with van der Waals surface area (Å²) in [6.07, 6.45) is 4.44. The Morgan fingerprint density at radius 2 is 1.57 bits per heavy atom. The number of halogens is 1. The molecule has 9 heteroatoms. The first-order valence-corrected chi connectivity index (χ1v) is 16.2. The normalized spacial score (nSPS) is 14.5. The van der Waals surface area contributed by atoms with E-state index in [1.54, 1.807) is 35.2 Å². The molecule has 1 saturated carbocycles. The average Bonchev–Trinajstić information content (AvgIpc) is 3.46. The van der Waals surface area contributed by atoms with Crippen LogP contribution in [-0.2, 0) is 26.2 Å². The average molecular weight is 674 g/mol. The van der Waals surface area contributed by atoms with Crippen molar-refractivity contribution in [2.24, 2.45) is 0 Å². The highest BCUT2D eigenvalue weighted by Gasteiger charge is 2.34. The van der Waals surface area contributed by atoms with Crippen molar-refractivity contribution in [3.63, 3.8) is 0 Å². The molecule has 2 amide bonds. The number of hydrogen-bond acceptors (Lipinski definition) is 4. The standard InChI is InChI=1S/C31H36IN3O4S/c1-3-29(31(37)33-26-13-9-10-14-26)34(21-24-12-8-7-11-23(24)2)30(36)22-35(27-19-17-25(32)18-20-27)40(38,39)28-15-5-4-6-16-28/h4-8,11-12,15-20,26,29H,3,9-10,13-14,21-22H2,1-2H3,(H,33,37). The van der Waals surface area contributed by atoms with Gasteiger partial charge in [0.15, 0.2) is 0 Å². The highest BCUT2D eigenvalue weighted by atomic mass is 127. The molecule has 0 radical (unpaired) electrons. The molecule has 40 heavy (non-hydrogen) atoms. The van der Waals surface area contributed by atoms with E-state index >= 15 is 0 Å². The van der Waals surface area contributed by atoms with Crippen LogP contribution in [0.4, 0.5) is 5.69 Å². The minimum atomic E-state index is -4.07. The zero-order valence-corrected chi connectivity index (χ0v) is 25.9. The van der Waals surface area contributed by atoms with Crippen LogP contribution < -0.4 is 9.62 Å². The van der Waals surface area contributed by atoms with Crippen LogP contribution in [0.1, 0.15) is 50.2 Å². The third-order valence-electron chi connectivity index (χ3n) is 7.41. The van der Waals surface area contributed by atoms with Gasteiger partial charge in [-0.05, 0) is 96.3 Å². The number of nitrogens with zero attached hydrogens (tertiary/aromatic N) is 2. The van der Waals surface area contributed by atoms with E-state index in [2.05, 4.69) is 27.9 Å². The lowest BCUT2D eigenvalue weighted by Gasteiger charge is -2.34. The Balaban J connectivity index is 1.71. The molecule has 3 aromatic carbocycles. The van der Waals surface area contributed by atoms with E-state index in [1.165, 1.54) is 12.1 Å². The maximum absolute atomic E-state index is 14.2. The van der Waals surface area contributed by atoms with Crippen LogP contribution in [0.2, 0.25) is 0 Å². The van der Waals surface area contributed by atoms with Crippen LogP contribution in [-0.4, -0.2) is 43.8 Å². The molecule has 0 aromatic heterocycles. The number of carbonyl (C=O) groups is 2. The number of rotatable bonds is 11. The lowest BCUT2D eigenvalue weighted by molar-refractivity contribution is -0.140. The molecule has 1 atom stereocenters. The molecule has 0 saturated heterocycles. The highest BCUT2D eigenvalue weighted by molar-refractivity contribution is 14.1. The van der Waals surface area contributed by atoms with Gasteiger partial charge in [-0.15, -0.1) is 0 Å². The van der Waals surface area contributed by atoms with Gasteiger partial charge in [0.1, 0.15) is 12.6 Å². The van der Waals surface area contributed by atoms with Gasteiger partial charge in [0.25, 0.3) is 10.0 Å². The third-order valence-corrected chi connectivity index (χ3v) is 9.92. The minimum Gasteiger partial charge on any atom is -0.352 e. The van der Waals surface area contributed by atoms with Crippen molar-refractivity contribution >= 4 is 50.1 Å². The number of aryl methyl sites for hydroxylation is 1. The summed E-state index contributed by atoms with van der Waals surface area (Å²) in [5, 5.41) is 3.15. The Kier molecular flexibility index (Phi) is 10.2. The van der Waals surface area contributed by atoms with Crippen LogP contribution in [0.25, 0.3) is 0 Å². The molecular weight excluding hydrogens is 637 g/mol. The molecular formula is C31H36IN3O4S. The first kappa shape index (κ1) is 30.0. The van der Waals surface area contributed by atoms with Gasteiger partial charge >= 0.3 is 0 Å². The molecule has 1 aliphatic rings. The van der Waals surface area contributed by atoms with Crippen molar-refractivity contribution in [1.82, 2.24) is 10.2 Å². The Labute approximate surface area is 251 Å². The van der Waals surface area contributed by atoms with Gasteiger partial charge in [-0.25, -0.2) is 8.42 Å². The van der Waals surface area contributed by atoms with E-state index in [0.717, 1.165) is 44.7 Å². The Hall–Kier alpha value is -2.92. The molecule has 0 aliphatic heterocycles. The lowest BCUT2D eigenvalue weighted by Crippen LogP contribution is -2.53. The summed E-state index contributed by atoms with van der Waals surface area (Å²) in [6.45, 7) is 3.62. The second-order valence-corrected chi connectivity index (χ2v) is 13.3. The molecule has 1 unspecified atom stereocenters. The molecule has 3 aromatic rings. The van der Waals surface area contributed by atoms with E-state index in [-0.39, 0.29) is 23.4 Å². The topological polar surface area (TPSA) is 86.8 Å². The van der Waals surface area contributed by atoms with Crippen molar-refractivity contribution in [2.75, 3.05) is 10.8 Å². The Bertz CT molecular complexity index is 1410. The van der Waals surface area contributed by atoms with Gasteiger partial charge in [0.05, 0.1) is 10.6 Å². The molecule has 0 spiro atoms. The van der Waals surface area contributed by atoms with Gasteiger partial charge in [0.2, 0.25) is 11.8 Å². The summed E-state index contributed by atoms with van der Waals surface area (Å²) in [5.41, 5.74) is 2.30. The molecule has 7 nitrogen and oxygen atoms in total. The molecule has 1 N–H and O–H groups in total. The Morgan fingerprint density at radius 3 is 2.20 bits per heavy atom. The zero-order valence-electron chi connectivity index (χ0n) is 22.9. The van der Waals surface area contributed by atoms with Crippen LogP contribution in [0.3, 0.4) is 0 Å². The van der Waals surface area contributed by atoms with Crippen LogP contribution in [0, 0.1) is 10.5 Å². The van der Waals surface area contributed by atoms with Crippen molar-refractivity contribution < 1.29 is 18.0 Å². The van der Waals surface area contributed by atoms with Gasteiger partial charge in [-0.3, -0.25) is 13.9 Å². The second kappa shape index (κ2) is 13.6. The van der Waals surface area contributed by atoms with Crippen molar-refractivity contribution in [1.29, 1.82) is 0 Å². The monoisotopic (exact) mass is 673 g/mol. The molecule has 0 bridgehead atoms. The van der Waals surface area contributed by atoms with Crippen molar-refractivity contribution in [3.8, 4) is 0 Å². The quantitative estimate of drug-likeness (QED) is 0.266. The van der Waals surface area contributed by atoms with Crippen molar-refractivity contribution in [2.45, 2.75) is 69.5 Å². The largest absolute Gasteiger partial charge is 0.352 e. The maximum Gasteiger partial charge on any atom is 0.264 e. The SMILES string of the molecule is CCC(C(=O)NC1CCCC1)N(Cc1ccccc1C)C(=O)CN(c1ccc(I)cc1)S(=O)(=O)c1ccccc1. The predicted molar refractivity (Wildman–Crippen MR) is 166 cm³/mol. The maximum atomic E-state index is 14.2. The second-order valence-electron chi connectivity index (χ2n) is 10.2. The summed E-state index contributed by atoms with van der Waals surface area (Å²) in [4.78, 5) is 29.3.